The zero-order chi connectivity index (χ0) is 12.1. The molecule has 1 aliphatic carbocycles. The van der Waals surface area contributed by atoms with Gasteiger partial charge in [-0.15, -0.1) is 0 Å². The molecular weight excluding hydrogens is 233 g/mol. The van der Waals surface area contributed by atoms with E-state index in [0.29, 0.717) is 0 Å². The van der Waals surface area contributed by atoms with Crippen LogP contribution in [-0.4, -0.2) is 17.8 Å². The first kappa shape index (κ1) is 12.2. The predicted octanol–water partition coefficient (Wildman–Crippen LogP) is 2.79. The molecule has 0 saturated heterocycles. The average molecular weight is 248 g/mol. The van der Waals surface area contributed by atoms with Gasteiger partial charge < -0.3 is 0 Å². The summed E-state index contributed by atoms with van der Waals surface area (Å²) in [6, 6.07) is 9.73. The molecule has 0 radical (unpaired) electrons. The number of hydrogen-bond acceptors (Lipinski definition) is 3. The third-order valence-corrected chi connectivity index (χ3v) is 5.23. The van der Waals surface area contributed by atoms with E-state index in [0.717, 1.165) is 31.0 Å². The maximum atomic E-state index is 12.3. The Morgan fingerprint density at radius 2 is 1.76 bits per heavy atom. The van der Waals surface area contributed by atoms with Gasteiger partial charge in [-0.25, -0.2) is 9.79 Å². The highest BCUT2D eigenvalue weighted by Crippen LogP contribution is 2.38. The highest BCUT2D eigenvalue weighted by Gasteiger charge is 2.36. The number of isocyanates is 1. The molecule has 0 spiro atoms. The topological polar surface area (TPSA) is 46.5 Å². The van der Waals surface area contributed by atoms with Crippen LogP contribution in [-0.2, 0) is 9.36 Å². The molecule has 0 aliphatic heterocycles. The second-order valence-corrected chi connectivity index (χ2v) is 6.24. The molecule has 0 amide bonds. The van der Waals surface area contributed by atoms with Gasteiger partial charge in [0.1, 0.15) is 0 Å². The monoisotopic (exact) mass is 248 g/mol. The highest BCUT2D eigenvalue weighted by molar-refractivity contribution is 7.54. The Balaban J connectivity index is 1.97. The zero-order valence-electron chi connectivity index (χ0n) is 9.58. The molecule has 4 heteroatoms. The number of rotatable bonds is 3. The summed E-state index contributed by atoms with van der Waals surface area (Å²) in [6.45, 7) is 0. The molecule has 1 aliphatic rings. The largest absolute Gasteiger partial charge is 0.379 e. The molecule has 1 unspecified atom stereocenters. The average Bonchev–Trinajstić information content (AvgIpc) is 2.40. The Kier molecular flexibility index (Phi) is 4.19. The minimum atomic E-state index is -1.31. The number of nitrogens with zero attached hydrogens (tertiary/aromatic N) is 1. The Morgan fingerprint density at radius 1 is 1.12 bits per heavy atom. The van der Waals surface area contributed by atoms with Gasteiger partial charge in [-0.1, -0.05) is 22.8 Å². The highest BCUT2D eigenvalue weighted by atomic mass is 31.1. The molecule has 2 rings (SSSR count). The minimum Gasteiger partial charge on any atom is -0.211 e. The fourth-order valence-electron chi connectivity index (χ4n) is 2.28. The summed E-state index contributed by atoms with van der Waals surface area (Å²) in [7, 11) is -1.31. The molecule has 88 valence electrons. The van der Waals surface area contributed by atoms with Crippen LogP contribution < -0.4 is 5.30 Å². The quantitative estimate of drug-likeness (QED) is 0.469. The molecule has 0 bridgehead atoms. The van der Waals surface area contributed by atoms with Crippen LogP contribution in [0.3, 0.4) is 0 Å². The van der Waals surface area contributed by atoms with Crippen molar-refractivity contribution in [2.45, 2.75) is 37.4 Å². The molecule has 1 fully saturated rings. The second kappa shape index (κ2) is 5.86. The minimum absolute atomic E-state index is 0.0999. The lowest BCUT2D eigenvalue weighted by Gasteiger charge is -2.18. The van der Waals surface area contributed by atoms with Gasteiger partial charge in [-0.2, -0.15) is 0 Å². The van der Waals surface area contributed by atoms with Crippen molar-refractivity contribution in [2.75, 3.05) is 0 Å². The molecule has 1 atom stereocenters. The van der Waals surface area contributed by atoms with Gasteiger partial charge in [-0.05, 0) is 37.8 Å². The van der Waals surface area contributed by atoms with E-state index in [1.807, 2.05) is 30.3 Å². The maximum Gasteiger partial charge on any atom is 0.379 e. The molecule has 0 N–H and O–H groups in total. The first-order valence-corrected chi connectivity index (χ1v) is 7.22. The van der Waals surface area contributed by atoms with Gasteiger partial charge in [0.05, 0.1) is 6.04 Å². The van der Waals surface area contributed by atoms with E-state index in [1.165, 1.54) is 0 Å². The van der Waals surface area contributed by atoms with Crippen LogP contribution in [0.4, 0.5) is 0 Å². The zero-order valence-corrected chi connectivity index (χ0v) is 10.5. The summed E-state index contributed by atoms with van der Waals surface area (Å²) >= 11 is 0. The van der Waals surface area contributed by atoms with E-state index in [-0.39, 0.29) is 11.7 Å². The smallest absolute Gasteiger partial charge is 0.211 e. The van der Waals surface area contributed by atoms with Crippen molar-refractivity contribution in [1.82, 2.24) is 0 Å². The SMILES string of the molecule is O=C=NC1CCC([P+](=O)c2ccccc2)CC1. The number of hydrogen-bond donors (Lipinski definition) is 0. The van der Waals surface area contributed by atoms with E-state index < -0.39 is 7.80 Å². The lowest BCUT2D eigenvalue weighted by molar-refractivity contribution is 0.438. The molecule has 1 saturated carbocycles. The van der Waals surface area contributed by atoms with Gasteiger partial charge in [-0.3, -0.25) is 0 Å². The van der Waals surface area contributed by atoms with E-state index in [1.54, 1.807) is 6.08 Å². The molecule has 0 heterocycles. The van der Waals surface area contributed by atoms with Crippen LogP contribution in [0.15, 0.2) is 35.3 Å². The molecule has 1 aromatic rings. The number of aliphatic imine (C=N–C) groups is 1. The van der Waals surface area contributed by atoms with Crippen molar-refractivity contribution < 1.29 is 9.36 Å². The van der Waals surface area contributed by atoms with E-state index in [9.17, 15) is 9.36 Å². The van der Waals surface area contributed by atoms with Gasteiger partial charge in [0.2, 0.25) is 6.08 Å². The molecule has 0 aromatic heterocycles. The predicted molar refractivity (Wildman–Crippen MR) is 67.8 cm³/mol. The fraction of sp³-hybridized carbons (Fsp3) is 0.462. The second-order valence-electron chi connectivity index (χ2n) is 4.34. The van der Waals surface area contributed by atoms with Crippen molar-refractivity contribution in [3.63, 3.8) is 0 Å². The summed E-state index contributed by atoms with van der Waals surface area (Å²) in [6.07, 6.45) is 5.10. The molecule has 17 heavy (non-hydrogen) atoms. The first-order chi connectivity index (χ1) is 8.31. The summed E-state index contributed by atoms with van der Waals surface area (Å²) in [5, 5.41) is 0.935. The van der Waals surface area contributed by atoms with Gasteiger partial charge in [0.25, 0.3) is 0 Å². The van der Waals surface area contributed by atoms with Crippen LogP contribution in [0.5, 0.6) is 0 Å². The Labute approximate surface area is 102 Å². The van der Waals surface area contributed by atoms with Crippen molar-refractivity contribution in [2.24, 2.45) is 4.99 Å². The van der Waals surface area contributed by atoms with Gasteiger partial charge in [0.15, 0.2) is 11.0 Å². The summed E-state index contributed by atoms with van der Waals surface area (Å²) in [5.74, 6) is 0. The van der Waals surface area contributed by atoms with Crippen molar-refractivity contribution in [3.05, 3.63) is 30.3 Å². The summed E-state index contributed by atoms with van der Waals surface area (Å²) in [4.78, 5) is 13.9. The number of carbonyl (C=O) groups excluding carboxylic acids is 1. The normalized spacial score (nSPS) is 24.8. The Hall–Kier alpha value is -1.30. The lowest BCUT2D eigenvalue weighted by Crippen LogP contribution is -2.20. The Morgan fingerprint density at radius 3 is 2.35 bits per heavy atom. The lowest BCUT2D eigenvalue weighted by atomic mass is 9.95. The van der Waals surface area contributed by atoms with Crippen LogP contribution >= 0.6 is 7.80 Å². The van der Waals surface area contributed by atoms with Gasteiger partial charge >= 0.3 is 7.80 Å². The standard InChI is InChI=1S/C13H15NO2P/c15-10-14-11-6-8-13(9-7-11)17(16)12-4-2-1-3-5-12/h1-5,11,13H,6-9H2/q+1. The van der Waals surface area contributed by atoms with Crippen molar-refractivity contribution >= 4 is 19.2 Å². The number of benzene rings is 1. The molecular formula is C13H15NO2P+. The van der Waals surface area contributed by atoms with E-state index in [2.05, 4.69) is 4.99 Å². The van der Waals surface area contributed by atoms with Crippen LogP contribution in [0.1, 0.15) is 25.7 Å². The van der Waals surface area contributed by atoms with Gasteiger partial charge in [0, 0.05) is 0 Å². The van der Waals surface area contributed by atoms with Crippen LogP contribution in [0, 0.1) is 0 Å². The molecule has 1 aromatic carbocycles. The summed E-state index contributed by atoms with van der Waals surface area (Å²) in [5.41, 5.74) is 0.241. The Bertz CT molecular complexity index is 432. The van der Waals surface area contributed by atoms with E-state index >= 15 is 0 Å². The third-order valence-electron chi connectivity index (χ3n) is 3.24. The molecule has 3 nitrogen and oxygen atoms in total. The maximum absolute atomic E-state index is 12.3. The fourth-order valence-corrected chi connectivity index (χ4v) is 3.94. The van der Waals surface area contributed by atoms with E-state index in [4.69, 9.17) is 0 Å². The van der Waals surface area contributed by atoms with Crippen LogP contribution in [0.25, 0.3) is 0 Å². The third kappa shape index (κ3) is 3.09. The summed E-state index contributed by atoms with van der Waals surface area (Å²) < 4.78 is 12.3. The van der Waals surface area contributed by atoms with Crippen molar-refractivity contribution in [1.29, 1.82) is 0 Å². The van der Waals surface area contributed by atoms with Crippen molar-refractivity contribution in [3.8, 4) is 0 Å². The first-order valence-electron chi connectivity index (χ1n) is 5.89. The van der Waals surface area contributed by atoms with Crippen LogP contribution in [0.2, 0.25) is 0 Å².